The second kappa shape index (κ2) is 8.82. The average molecular weight is 437 g/mol. The van der Waals surface area contributed by atoms with Crippen LogP contribution in [-0.2, 0) is 11.3 Å². The number of hydrogen-bond donors (Lipinski definition) is 1. The van der Waals surface area contributed by atoms with Crippen LogP contribution < -0.4 is 5.32 Å². The van der Waals surface area contributed by atoms with Crippen molar-refractivity contribution in [1.29, 1.82) is 0 Å². The smallest absolute Gasteiger partial charge is 0.410 e. The Bertz CT molecular complexity index is 1090. The van der Waals surface area contributed by atoms with E-state index in [1.165, 1.54) is 25.2 Å². The molecule has 1 heterocycles. The lowest BCUT2D eigenvalue weighted by atomic mass is 10.0. The number of hydrogen-bond acceptors (Lipinski definition) is 5. The second-order valence-electron chi connectivity index (χ2n) is 8.54. The molecule has 0 aromatic heterocycles. The van der Waals surface area contributed by atoms with Gasteiger partial charge in [-0.2, -0.15) is 0 Å². The predicted octanol–water partition coefficient (Wildman–Crippen LogP) is 3.92. The molecule has 168 valence electrons. The molecule has 0 radical (unpaired) electrons. The molecule has 0 saturated carbocycles. The maximum Gasteiger partial charge on any atom is 0.410 e. The molecule has 0 saturated heterocycles. The SMILES string of the molecule is CCN(Cc1ccccc1NC(=O)c1ccc2c(c1)C(=O)N(C)C2=O)C(=O)OC(C)(C)C. The Labute approximate surface area is 187 Å². The summed E-state index contributed by atoms with van der Waals surface area (Å²) < 4.78 is 5.46. The van der Waals surface area contributed by atoms with E-state index in [0.29, 0.717) is 12.2 Å². The van der Waals surface area contributed by atoms with Gasteiger partial charge in [0.1, 0.15) is 5.60 Å². The van der Waals surface area contributed by atoms with Crippen LogP contribution in [0.2, 0.25) is 0 Å². The van der Waals surface area contributed by atoms with E-state index in [4.69, 9.17) is 4.74 Å². The molecule has 3 rings (SSSR count). The zero-order valence-corrected chi connectivity index (χ0v) is 18.9. The second-order valence-corrected chi connectivity index (χ2v) is 8.54. The number of carbonyl (C=O) groups excluding carboxylic acids is 4. The number of amides is 4. The Kier molecular flexibility index (Phi) is 6.34. The van der Waals surface area contributed by atoms with Gasteiger partial charge < -0.3 is 15.0 Å². The quantitative estimate of drug-likeness (QED) is 0.715. The van der Waals surface area contributed by atoms with Crippen molar-refractivity contribution >= 4 is 29.5 Å². The summed E-state index contributed by atoms with van der Waals surface area (Å²) in [5.41, 5.74) is 1.42. The molecule has 0 bridgehead atoms. The van der Waals surface area contributed by atoms with Crippen molar-refractivity contribution in [2.75, 3.05) is 18.9 Å². The molecule has 0 unspecified atom stereocenters. The molecule has 0 fully saturated rings. The summed E-state index contributed by atoms with van der Waals surface area (Å²) in [5, 5.41) is 2.84. The fraction of sp³-hybridized carbons (Fsp3) is 0.333. The molecule has 0 spiro atoms. The largest absolute Gasteiger partial charge is 0.444 e. The number of imide groups is 1. The number of para-hydroxylation sites is 1. The van der Waals surface area contributed by atoms with Gasteiger partial charge in [0.25, 0.3) is 17.7 Å². The lowest BCUT2D eigenvalue weighted by molar-refractivity contribution is 0.0244. The highest BCUT2D eigenvalue weighted by Gasteiger charge is 2.33. The van der Waals surface area contributed by atoms with Crippen molar-refractivity contribution in [3.05, 3.63) is 64.7 Å². The van der Waals surface area contributed by atoms with Crippen LogP contribution in [0.25, 0.3) is 0 Å². The van der Waals surface area contributed by atoms with Gasteiger partial charge >= 0.3 is 6.09 Å². The third-order valence-electron chi connectivity index (χ3n) is 5.01. The Morgan fingerprint density at radius 2 is 1.69 bits per heavy atom. The average Bonchev–Trinajstić information content (AvgIpc) is 2.95. The van der Waals surface area contributed by atoms with Gasteiger partial charge in [-0.25, -0.2) is 4.79 Å². The Balaban J connectivity index is 1.80. The van der Waals surface area contributed by atoms with Crippen LogP contribution in [0.15, 0.2) is 42.5 Å². The van der Waals surface area contributed by atoms with E-state index in [1.54, 1.807) is 37.8 Å². The highest BCUT2D eigenvalue weighted by molar-refractivity contribution is 6.22. The minimum atomic E-state index is -0.612. The van der Waals surface area contributed by atoms with Gasteiger partial charge in [-0.15, -0.1) is 0 Å². The van der Waals surface area contributed by atoms with Crippen LogP contribution in [0.5, 0.6) is 0 Å². The van der Waals surface area contributed by atoms with E-state index >= 15 is 0 Å². The number of nitrogens with one attached hydrogen (secondary N) is 1. The van der Waals surface area contributed by atoms with Gasteiger partial charge in [-0.1, -0.05) is 18.2 Å². The van der Waals surface area contributed by atoms with E-state index < -0.39 is 23.5 Å². The van der Waals surface area contributed by atoms with Gasteiger partial charge in [0, 0.05) is 24.8 Å². The topological polar surface area (TPSA) is 96.0 Å². The number of anilines is 1. The molecule has 1 aliphatic heterocycles. The monoisotopic (exact) mass is 437 g/mol. The first-order chi connectivity index (χ1) is 15.0. The first-order valence-electron chi connectivity index (χ1n) is 10.4. The van der Waals surface area contributed by atoms with Crippen LogP contribution in [0.4, 0.5) is 10.5 Å². The number of carbonyl (C=O) groups is 4. The van der Waals surface area contributed by atoms with Crippen molar-refractivity contribution in [2.45, 2.75) is 39.8 Å². The number of benzene rings is 2. The standard InChI is InChI=1S/C24H27N3O5/c1-6-27(23(31)32-24(2,3)4)14-16-9-7-8-10-19(16)25-20(28)15-11-12-17-18(13-15)22(30)26(5)21(17)29/h7-13H,6,14H2,1-5H3,(H,25,28). The van der Waals surface area contributed by atoms with Gasteiger partial charge in [0.2, 0.25) is 0 Å². The summed E-state index contributed by atoms with van der Waals surface area (Å²) in [6, 6.07) is 11.6. The number of fused-ring (bicyclic) bond motifs is 1. The van der Waals surface area contributed by atoms with Gasteiger partial charge in [-0.05, 0) is 57.5 Å². The molecule has 8 nitrogen and oxygen atoms in total. The van der Waals surface area contributed by atoms with Crippen molar-refractivity contribution in [2.24, 2.45) is 0 Å². The Hall–Kier alpha value is -3.68. The summed E-state index contributed by atoms with van der Waals surface area (Å²) in [7, 11) is 1.41. The predicted molar refractivity (Wildman–Crippen MR) is 120 cm³/mol. The summed E-state index contributed by atoms with van der Waals surface area (Å²) >= 11 is 0. The molecular formula is C24H27N3O5. The van der Waals surface area contributed by atoms with Crippen molar-refractivity contribution in [1.82, 2.24) is 9.80 Å². The molecule has 1 N–H and O–H groups in total. The molecule has 32 heavy (non-hydrogen) atoms. The zero-order chi connectivity index (χ0) is 23.6. The fourth-order valence-corrected chi connectivity index (χ4v) is 3.31. The lowest BCUT2D eigenvalue weighted by Gasteiger charge is -2.27. The van der Waals surface area contributed by atoms with Crippen molar-refractivity contribution in [3.8, 4) is 0 Å². The van der Waals surface area contributed by atoms with Gasteiger partial charge in [0.05, 0.1) is 17.7 Å². The molecule has 0 aliphatic carbocycles. The normalized spacial score (nSPS) is 13.1. The lowest BCUT2D eigenvalue weighted by Crippen LogP contribution is -2.36. The third-order valence-corrected chi connectivity index (χ3v) is 5.01. The summed E-state index contributed by atoms with van der Waals surface area (Å²) in [4.78, 5) is 52.2. The highest BCUT2D eigenvalue weighted by atomic mass is 16.6. The molecular weight excluding hydrogens is 410 g/mol. The summed E-state index contributed by atoms with van der Waals surface area (Å²) in [6.45, 7) is 7.96. The Morgan fingerprint density at radius 3 is 2.34 bits per heavy atom. The fourth-order valence-electron chi connectivity index (χ4n) is 3.31. The van der Waals surface area contributed by atoms with Crippen LogP contribution in [-0.4, -0.2) is 52.8 Å². The van der Waals surface area contributed by atoms with Gasteiger partial charge in [-0.3, -0.25) is 19.3 Å². The first kappa shape index (κ1) is 23.0. The first-order valence-corrected chi connectivity index (χ1v) is 10.4. The van der Waals surface area contributed by atoms with Crippen LogP contribution in [0.1, 0.15) is 64.3 Å². The van der Waals surface area contributed by atoms with Crippen molar-refractivity contribution < 1.29 is 23.9 Å². The zero-order valence-electron chi connectivity index (χ0n) is 18.9. The molecule has 2 aromatic carbocycles. The van der Waals surface area contributed by atoms with E-state index in [1.807, 2.05) is 19.1 Å². The number of nitrogens with zero attached hydrogens (tertiary/aromatic N) is 2. The number of rotatable bonds is 5. The van der Waals surface area contributed by atoms with Crippen LogP contribution >= 0.6 is 0 Å². The van der Waals surface area contributed by atoms with Crippen LogP contribution in [0.3, 0.4) is 0 Å². The maximum atomic E-state index is 12.9. The van der Waals surface area contributed by atoms with Gasteiger partial charge in [0.15, 0.2) is 0 Å². The van der Waals surface area contributed by atoms with E-state index in [0.717, 1.165) is 10.5 Å². The van der Waals surface area contributed by atoms with E-state index in [9.17, 15) is 19.2 Å². The maximum absolute atomic E-state index is 12.9. The van der Waals surface area contributed by atoms with Crippen molar-refractivity contribution in [3.63, 3.8) is 0 Å². The molecule has 8 heteroatoms. The molecule has 4 amide bonds. The Morgan fingerprint density at radius 1 is 1.03 bits per heavy atom. The minimum absolute atomic E-state index is 0.209. The molecule has 1 aliphatic rings. The van der Waals surface area contributed by atoms with E-state index in [-0.39, 0.29) is 29.1 Å². The number of ether oxygens (including phenoxy) is 1. The summed E-state index contributed by atoms with van der Waals surface area (Å²) in [6.07, 6.45) is -0.438. The molecule has 2 aromatic rings. The van der Waals surface area contributed by atoms with E-state index in [2.05, 4.69) is 5.32 Å². The highest BCUT2D eigenvalue weighted by Crippen LogP contribution is 2.24. The van der Waals surface area contributed by atoms with Crippen LogP contribution in [0, 0.1) is 0 Å². The summed E-state index contributed by atoms with van der Waals surface area (Å²) in [5.74, 6) is -1.24. The minimum Gasteiger partial charge on any atom is -0.444 e. The molecule has 0 atom stereocenters. The third kappa shape index (κ3) is 4.80.